The van der Waals surface area contributed by atoms with Crippen LogP contribution in [0.3, 0.4) is 0 Å². The van der Waals surface area contributed by atoms with Gasteiger partial charge in [-0.3, -0.25) is 4.79 Å². The van der Waals surface area contributed by atoms with Crippen molar-refractivity contribution in [2.75, 3.05) is 19.6 Å². The van der Waals surface area contributed by atoms with Gasteiger partial charge in [0.05, 0.1) is 12.6 Å². The maximum absolute atomic E-state index is 12.1. The second kappa shape index (κ2) is 10.5. The lowest BCUT2D eigenvalue weighted by molar-refractivity contribution is -0.122. The van der Waals surface area contributed by atoms with Crippen LogP contribution in [0.25, 0.3) is 0 Å². The van der Waals surface area contributed by atoms with Crippen molar-refractivity contribution in [1.29, 1.82) is 0 Å². The molecule has 5 heteroatoms. The average molecular weight is 338 g/mol. The number of nitrogens with one attached hydrogen (secondary N) is 2. The molecule has 5 nitrogen and oxygen atoms in total. The second-order valence-corrected chi connectivity index (χ2v) is 6.02. The van der Waals surface area contributed by atoms with Gasteiger partial charge in [0.15, 0.2) is 0 Å². The van der Waals surface area contributed by atoms with E-state index in [-0.39, 0.29) is 5.91 Å². The molecule has 0 fully saturated rings. The highest BCUT2D eigenvalue weighted by Gasteiger charge is 2.12. The summed E-state index contributed by atoms with van der Waals surface area (Å²) in [4.78, 5) is 12.1. The molecule has 1 aliphatic heterocycles. The van der Waals surface area contributed by atoms with Crippen LogP contribution < -0.4 is 22.1 Å². The summed E-state index contributed by atoms with van der Waals surface area (Å²) in [6.07, 6.45) is 3.20. The maximum Gasteiger partial charge on any atom is 0.237 e. The van der Waals surface area contributed by atoms with Gasteiger partial charge in [0.25, 0.3) is 0 Å². The van der Waals surface area contributed by atoms with Gasteiger partial charge < -0.3 is 22.1 Å². The predicted molar refractivity (Wildman–Crippen MR) is 100 cm³/mol. The Morgan fingerprint density at radius 1 is 1.24 bits per heavy atom. The second-order valence-electron chi connectivity index (χ2n) is 6.02. The summed E-state index contributed by atoms with van der Waals surface area (Å²) < 4.78 is 0. The van der Waals surface area contributed by atoms with Crippen molar-refractivity contribution >= 4 is 5.91 Å². The topological polar surface area (TPSA) is 93.2 Å². The number of hydrogen-bond donors (Lipinski definition) is 4. The molecule has 0 spiro atoms. The number of hydrogen-bond acceptors (Lipinski definition) is 4. The van der Waals surface area contributed by atoms with Crippen LogP contribution in [0.5, 0.6) is 0 Å². The lowest BCUT2D eigenvalue weighted by Crippen LogP contribution is -2.40. The van der Waals surface area contributed by atoms with Crippen LogP contribution in [0, 0.1) is 23.7 Å². The number of nitrogens with two attached hydrogens (primary N) is 2. The molecule has 0 unspecified atom stereocenters. The summed E-state index contributed by atoms with van der Waals surface area (Å²) in [5.41, 5.74) is 14.2. The summed E-state index contributed by atoms with van der Waals surface area (Å²) in [5.74, 6) is 12.4. The lowest BCUT2D eigenvalue weighted by atomic mass is 10.0. The molecule has 132 valence electrons. The highest BCUT2D eigenvalue weighted by molar-refractivity contribution is 5.81. The number of benzene rings is 1. The zero-order valence-electron chi connectivity index (χ0n) is 14.5. The largest absolute Gasteiger partial charge is 0.351 e. The predicted octanol–water partition coefficient (Wildman–Crippen LogP) is 0.455. The first-order chi connectivity index (χ1) is 12.2. The van der Waals surface area contributed by atoms with Crippen LogP contribution in [0.4, 0.5) is 0 Å². The number of rotatable bonds is 7. The van der Waals surface area contributed by atoms with Crippen LogP contribution in [0.2, 0.25) is 0 Å². The van der Waals surface area contributed by atoms with Gasteiger partial charge in [0.1, 0.15) is 0 Å². The molecule has 0 bridgehead atoms. The summed E-state index contributed by atoms with van der Waals surface area (Å²) in [7, 11) is 0. The quantitative estimate of drug-likeness (QED) is 0.429. The average Bonchev–Trinajstić information content (AvgIpc) is 2.63. The highest BCUT2D eigenvalue weighted by Crippen LogP contribution is 2.11. The molecule has 1 heterocycles. The van der Waals surface area contributed by atoms with Crippen LogP contribution in [-0.2, 0) is 11.3 Å². The van der Waals surface area contributed by atoms with Crippen LogP contribution in [0.15, 0.2) is 18.2 Å². The molecular formula is C20H26N4O. The monoisotopic (exact) mass is 338 g/mol. The SMILES string of the molecule is NCCCC[C@H](N)C(=O)NCc1ccc2c(c1)C#CCCNCC#C2. The number of unbranched alkanes of at least 4 members (excludes halogenated alkanes) is 1. The molecule has 1 aliphatic rings. The Hall–Kier alpha value is -2.31. The summed E-state index contributed by atoms with van der Waals surface area (Å²) in [6.45, 7) is 2.58. The van der Waals surface area contributed by atoms with Gasteiger partial charge in [-0.2, -0.15) is 0 Å². The molecule has 0 saturated carbocycles. The van der Waals surface area contributed by atoms with E-state index < -0.39 is 6.04 Å². The fourth-order valence-corrected chi connectivity index (χ4v) is 2.47. The lowest BCUT2D eigenvalue weighted by Gasteiger charge is -2.12. The normalized spacial score (nSPS) is 14.2. The van der Waals surface area contributed by atoms with Crippen molar-refractivity contribution in [1.82, 2.24) is 10.6 Å². The van der Waals surface area contributed by atoms with Gasteiger partial charge >= 0.3 is 0 Å². The van der Waals surface area contributed by atoms with Gasteiger partial charge in [-0.1, -0.05) is 36.2 Å². The molecule has 1 amide bonds. The zero-order chi connectivity index (χ0) is 17.9. The number of carbonyl (C=O) groups is 1. The number of carbonyl (C=O) groups excluding carboxylic acids is 1. The third-order valence-electron chi connectivity index (χ3n) is 3.94. The molecule has 0 aliphatic carbocycles. The minimum absolute atomic E-state index is 0.131. The first-order valence-corrected chi connectivity index (χ1v) is 8.75. The summed E-state index contributed by atoms with van der Waals surface area (Å²) in [5, 5.41) is 6.11. The van der Waals surface area contributed by atoms with Gasteiger partial charge in [0, 0.05) is 30.6 Å². The summed E-state index contributed by atoms with van der Waals surface area (Å²) >= 11 is 0. The van der Waals surface area contributed by atoms with E-state index in [0.29, 0.717) is 26.1 Å². The van der Waals surface area contributed by atoms with E-state index in [0.717, 1.165) is 42.5 Å². The van der Waals surface area contributed by atoms with Gasteiger partial charge in [-0.15, -0.1) is 0 Å². The van der Waals surface area contributed by atoms with E-state index in [1.165, 1.54) is 0 Å². The van der Waals surface area contributed by atoms with Gasteiger partial charge in [-0.05, 0) is 37.1 Å². The van der Waals surface area contributed by atoms with E-state index >= 15 is 0 Å². The van der Waals surface area contributed by atoms with Crippen LogP contribution >= 0.6 is 0 Å². The van der Waals surface area contributed by atoms with Crippen molar-refractivity contribution < 1.29 is 4.79 Å². The van der Waals surface area contributed by atoms with Crippen molar-refractivity contribution in [3.63, 3.8) is 0 Å². The molecule has 1 atom stereocenters. The molecule has 6 N–H and O–H groups in total. The Bertz CT molecular complexity index is 706. The van der Waals surface area contributed by atoms with E-state index in [9.17, 15) is 4.79 Å². The standard InChI is InChI=1S/C20H26N4O/c21-11-3-1-8-19(22)20(25)24-15-16-9-10-17-7-5-13-23-12-4-2-6-18(17)14-16/h9-10,14,19,23H,1,3-4,8,11-13,15,21-22H2,(H,24,25)/t19-/m0/s1. The minimum Gasteiger partial charge on any atom is -0.351 e. The zero-order valence-corrected chi connectivity index (χ0v) is 14.5. The highest BCUT2D eigenvalue weighted by atomic mass is 16.2. The van der Waals surface area contributed by atoms with E-state index in [1.54, 1.807) is 0 Å². The van der Waals surface area contributed by atoms with Crippen molar-refractivity contribution in [3.8, 4) is 23.7 Å². The summed E-state index contributed by atoms with van der Waals surface area (Å²) in [6, 6.07) is 5.43. The molecule has 2 rings (SSSR count). The first-order valence-electron chi connectivity index (χ1n) is 8.75. The Kier molecular flexibility index (Phi) is 8.01. The fourth-order valence-electron chi connectivity index (χ4n) is 2.47. The van der Waals surface area contributed by atoms with Crippen molar-refractivity contribution in [2.24, 2.45) is 11.5 Å². The Morgan fingerprint density at radius 3 is 2.92 bits per heavy atom. The van der Waals surface area contributed by atoms with Gasteiger partial charge in [-0.25, -0.2) is 0 Å². The number of amides is 1. The van der Waals surface area contributed by atoms with Crippen LogP contribution in [0.1, 0.15) is 42.4 Å². The molecule has 0 aromatic heterocycles. The molecular weight excluding hydrogens is 312 g/mol. The molecule has 25 heavy (non-hydrogen) atoms. The molecule has 1 aromatic carbocycles. The van der Waals surface area contributed by atoms with Crippen LogP contribution in [-0.4, -0.2) is 31.6 Å². The molecule has 0 saturated heterocycles. The first kappa shape index (κ1) is 19.0. The maximum atomic E-state index is 12.1. The Balaban J connectivity index is 1.97. The van der Waals surface area contributed by atoms with Crippen molar-refractivity contribution in [2.45, 2.75) is 38.3 Å². The molecule has 1 aromatic rings. The van der Waals surface area contributed by atoms with E-state index in [1.807, 2.05) is 18.2 Å². The fraction of sp³-hybridized carbons (Fsp3) is 0.450. The van der Waals surface area contributed by atoms with E-state index in [4.69, 9.17) is 11.5 Å². The minimum atomic E-state index is -0.485. The number of fused-ring (bicyclic) bond motifs is 1. The third-order valence-corrected chi connectivity index (χ3v) is 3.94. The van der Waals surface area contributed by atoms with Gasteiger partial charge in [0.2, 0.25) is 5.91 Å². The smallest absolute Gasteiger partial charge is 0.237 e. The third kappa shape index (κ3) is 6.60. The Labute approximate surface area is 149 Å². The molecule has 0 radical (unpaired) electrons. The van der Waals surface area contributed by atoms with Crippen molar-refractivity contribution in [3.05, 3.63) is 34.9 Å². The Morgan fingerprint density at radius 2 is 2.08 bits per heavy atom. The van der Waals surface area contributed by atoms with E-state index in [2.05, 4.69) is 34.3 Å².